The van der Waals surface area contributed by atoms with Crippen LogP contribution < -0.4 is 5.32 Å². The summed E-state index contributed by atoms with van der Waals surface area (Å²) in [4.78, 5) is 2.29. The van der Waals surface area contributed by atoms with E-state index in [-0.39, 0.29) is 6.04 Å². The standard InChI is InChI=1S/C15H22F2N2/c1-3-19-8-4-5-11(10-18-2)15(19)13-7-6-12(16)9-14(13)17/h6-7,9,11,15,18H,3-5,8,10H2,1-2H3. The van der Waals surface area contributed by atoms with Crippen LogP contribution in [0.3, 0.4) is 0 Å². The average molecular weight is 268 g/mol. The van der Waals surface area contributed by atoms with E-state index in [0.717, 1.165) is 38.5 Å². The molecule has 0 radical (unpaired) electrons. The summed E-state index contributed by atoms with van der Waals surface area (Å²) in [6, 6.07) is 4.00. The maximum Gasteiger partial charge on any atom is 0.130 e. The summed E-state index contributed by atoms with van der Waals surface area (Å²) < 4.78 is 27.1. The summed E-state index contributed by atoms with van der Waals surface area (Å²) >= 11 is 0. The molecular weight excluding hydrogens is 246 g/mol. The van der Waals surface area contributed by atoms with Gasteiger partial charge in [-0.15, -0.1) is 0 Å². The molecule has 1 N–H and O–H groups in total. The van der Waals surface area contributed by atoms with E-state index in [1.165, 1.54) is 6.07 Å². The van der Waals surface area contributed by atoms with Crippen LogP contribution in [0.1, 0.15) is 31.4 Å². The number of nitrogens with one attached hydrogen (secondary N) is 1. The van der Waals surface area contributed by atoms with Crippen LogP contribution in [0.4, 0.5) is 8.78 Å². The maximum absolute atomic E-state index is 14.1. The van der Waals surface area contributed by atoms with Gasteiger partial charge in [0.05, 0.1) is 0 Å². The van der Waals surface area contributed by atoms with Crippen LogP contribution in [-0.2, 0) is 0 Å². The van der Waals surface area contributed by atoms with Crippen LogP contribution in [0.15, 0.2) is 18.2 Å². The first-order valence-corrected chi connectivity index (χ1v) is 7.01. The highest BCUT2D eigenvalue weighted by Crippen LogP contribution is 2.36. The zero-order valence-corrected chi connectivity index (χ0v) is 11.6. The van der Waals surface area contributed by atoms with E-state index in [4.69, 9.17) is 0 Å². The third kappa shape index (κ3) is 3.12. The second-order valence-electron chi connectivity index (χ2n) is 5.20. The minimum Gasteiger partial charge on any atom is -0.319 e. The lowest BCUT2D eigenvalue weighted by Gasteiger charge is -2.41. The minimum absolute atomic E-state index is 0.0480. The molecule has 1 aliphatic rings. The average Bonchev–Trinajstić information content (AvgIpc) is 2.39. The van der Waals surface area contributed by atoms with E-state index in [1.54, 1.807) is 6.07 Å². The van der Waals surface area contributed by atoms with E-state index in [1.807, 2.05) is 7.05 Å². The van der Waals surface area contributed by atoms with Crippen LogP contribution in [0.2, 0.25) is 0 Å². The van der Waals surface area contributed by atoms with E-state index < -0.39 is 11.6 Å². The molecule has 4 heteroatoms. The first kappa shape index (κ1) is 14.4. The summed E-state index contributed by atoms with van der Waals surface area (Å²) in [5, 5.41) is 3.19. The van der Waals surface area contributed by atoms with Gasteiger partial charge in [0.15, 0.2) is 0 Å². The molecule has 2 rings (SSSR count). The van der Waals surface area contributed by atoms with Crippen molar-refractivity contribution >= 4 is 0 Å². The molecule has 19 heavy (non-hydrogen) atoms. The fraction of sp³-hybridized carbons (Fsp3) is 0.600. The molecule has 106 valence electrons. The number of halogens is 2. The fourth-order valence-electron chi connectivity index (χ4n) is 3.17. The smallest absolute Gasteiger partial charge is 0.130 e. The molecule has 0 bridgehead atoms. The molecule has 1 aromatic rings. The van der Waals surface area contributed by atoms with Gasteiger partial charge in [0.1, 0.15) is 11.6 Å². The Morgan fingerprint density at radius 3 is 2.79 bits per heavy atom. The molecule has 0 amide bonds. The number of piperidine rings is 1. The first-order chi connectivity index (χ1) is 9.17. The van der Waals surface area contributed by atoms with Crippen molar-refractivity contribution in [1.82, 2.24) is 10.2 Å². The topological polar surface area (TPSA) is 15.3 Å². The van der Waals surface area contributed by atoms with Gasteiger partial charge in [-0.05, 0) is 51.5 Å². The second-order valence-corrected chi connectivity index (χ2v) is 5.20. The monoisotopic (exact) mass is 268 g/mol. The van der Waals surface area contributed by atoms with Crippen molar-refractivity contribution < 1.29 is 8.78 Å². The lowest BCUT2D eigenvalue weighted by atomic mass is 9.84. The number of likely N-dealkylation sites (tertiary alicyclic amines) is 1. The molecule has 1 saturated heterocycles. The van der Waals surface area contributed by atoms with Gasteiger partial charge < -0.3 is 5.32 Å². The van der Waals surface area contributed by atoms with Gasteiger partial charge in [-0.3, -0.25) is 4.90 Å². The maximum atomic E-state index is 14.1. The lowest BCUT2D eigenvalue weighted by molar-refractivity contribution is 0.0953. The van der Waals surface area contributed by atoms with Crippen LogP contribution in [0.5, 0.6) is 0 Å². The molecular formula is C15H22F2N2. The summed E-state index contributed by atoms with van der Waals surface area (Å²) in [5.41, 5.74) is 0.628. The van der Waals surface area contributed by atoms with Gasteiger partial charge in [-0.1, -0.05) is 13.0 Å². The van der Waals surface area contributed by atoms with Crippen molar-refractivity contribution in [1.29, 1.82) is 0 Å². The summed E-state index contributed by atoms with van der Waals surface area (Å²) in [5.74, 6) is -0.560. The molecule has 0 saturated carbocycles. The minimum atomic E-state index is -0.509. The van der Waals surface area contributed by atoms with Crippen LogP contribution in [-0.4, -0.2) is 31.6 Å². The quantitative estimate of drug-likeness (QED) is 0.903. The third-order valence-electron chi connectivity index (χ3n) is 4.01. The van der Waals surface area contributed by atoms with E-state index in [0.29, 0.717) is 11.5 Å². The van der Waals surface area contributed by atoms with E-state index in [9.17, 15) is 8.78 Å². The first-order valence-electron chi connectivity index (χ1n) is 7.01. The normalized spacial score (nSPS) is 24.6. The van der Waals surface area contributed by atoms with Crippen molar-refractivity contribution in [2.45, 2.75) is 25.8 Å². The van der Waals surface area contributed by atoms with Crippen molar-refractivity contribution in [3.63, 3.8) is 0 Å². The Balaban J connectivity index is 2.33. The number of benzene rings is 1. The molecule has 1 fully saturated rings. The number of hydrogen-bond acceptors (Lipinski definition) is 2. The second kappa shape index (κ2) is 6.44. The van der Waals surface area contributed by atoms with Crippen LogP contribution >= 0.6 is 0 Å². The summed E-state index contributed by atoms with van der Waals surface area (Å²) in [6.45, 7) is 4.83. The third-order valence-corrected chi connectivity index (χ3v) is 4.01. The van der Waals surface area contributed by atoms with Crippen LogP contribution in [0.25, 0.3) is 0 Å². The molecule has 1 aromatic carbocycles. The van der Waals surface area contributed by atoms with Gasteiger partial charge in [-0.25, -0.2) is 8.78 Å². The van der Waals surface area contributed by atoms with Gasteiger partial charge in [0, 0.05) is 17.7 Å². The Hall–Kier alpha value is -1.00. The zero-order chi connectivity index (χ0) is 13.8. The van der Waals surface area contributed by atoms with Gasteiger partial charge in [-0.2, -0.15) is 0 Å². The Labute approximate surface area is 113 Å². The molecule has 1 aliphatic heterocycles. The van der Waals surface area contributed by atoms with Crippen molar-refractivity contribution in [2.75, 3.05) is 26.7 Å². The highest BCUT2D eigenvalue weighted by atomic mass is 19.1. The Morgan fingerprint density at radius 2 is 2.16 bits per heavy atom. The molecule has 2 atom stereocenters. The predicted octanol–water partition coefficient (Wildman–Crippen LogP) is 2.96. The Morgan fingerprint density at radius 1 is 1.37 bits per heavy atom. The molecule has 0 aliphatic carbocycles. The SMILES string of the molecule is CCN1CCCC(CNC)C1c1ccc(F)cc1F. The van der Waals surface area contributed by atoms with E-state index >= 15 is 0 Å². The van der Waals surface area contributed by atoms with Crippen molar-refractivity contribution in [2.24, 2.45) is 5.92 Å². The molecule has 0 spiro atoms. The largest absolute Gasteiger partial charge is 0.319 e. The zero-order valence-electron chi connectivity index (χ0n) is 11.6. The van der Waals surface area contributed by atoms with Gasteiger partial charge in [0.2, 0.25) is 0 Å². The molecule has 1 heterocycles. The number of nitrogens with zero attached hydrogens (tertiary/aromatic N) is 1. The van der Waals surface area contributed by atoms with E-state index in [2.05, 4.69) is 17.1 Å². The number of rotatable bonds is 4. The summed E-state index contributed by atoms with van der Waals surface area (Å²) in [7, 11) is 1.92. The lowest BCUT2D eigenvalue weighted by Crippen LogP contribution is -2.42. The summed E-state index contributed by atoms with van der Waals surface area (Å²) in [6.07, 6.45) is 2.22. The molecule has 2 nitrogen and oxygen atoms in total. The van der Waals surface area contributed by atoms with Gasteiger partial charge in [0.25, 0.3) is 0 Å². The number of hydrogen-bond donors (Lipinski definition) is 1. The van der Waals surface area contributed by atoms with Gasteiger partial charge >= 0.3 is 0 Å². The van der Waals surface area contributed by atoms with Crippen molar-refractivity contribution in [3.8, 4) is 0 Å². The van der Waals surface area contributed by atoms with Crippen LogP contribution in [0, 0.1) is 17.6 Å². The Kier molecular flexibility index (Phi) is 4.88. The van der Waals surface area contributed by atoms with Crippen molar-refractivity contribution in [3.05, 3.63) is 35.4 Å². The fourth-order valence-corrected chi connectivity index (χ4v) is 3.17. The predicted molar refractivity (Wildman–Crippen MR) is 73.0 cm³/mol. The molecule has 2 unspecified atom stereocenters. The highest BCUT2D eigenvalue weighted by molar-refractivity contribution is 5.23. The highest BCUT2D eigenvalue weighted by Gasteiger charge is 2.33. The Bertz CT molecular complexity index is 421. The molecule has 0 aromatic heterocycles.